The van der Waals surface area contributed by atoms with Gasteiger partial charge in [-0.3, -0.25) is 0 Å². The molecular formula is C27H57F17O4Si4. The largest absolute Gasteiger partial charge is 0.460 e. The Kier molecular flexibility index (Phi) is 23.3. The molecule has 0 aromatic heterocycles. The molecule has 0 spiro atoms. The van der Waals surface area contributed by atoms with Crippen LogP contribution in [0.3, 0.4) is 0 Å². The van der Waals surface area contributed by atoms with Crippen molar-refractivity contribution in [3.63, 3.8) is 0 Å². The summed E-state index contributed by atoms with van der Waals surface area (Å²) in [5.41, 5.74) is 0. The second-order valence-corrected chi connectivity index (χ2v) is 29.3. The van der Waals surface area contributed by atoms with Crippen molar-refractivity contribution < 1.29 is 92.1 Å². The van der Waals surface area contributed by atoms with Gasteiger partial charge in [0.25, 0.3) is 0 Å². The monoisotopic (exact) mass is 880 g/mol. The Labute approximate surface area is 300 Å². The van der Waals surface area contributed by atoms with Crippen molar-refractivity contribution in [3.05, 3.63) is 0 Å². The first-order valence-electron chi connectivity index (χ1n) is 13.6. The zero-order valence-electron chi connectivity index (χ0n) is 26.3. The maximum Gasteiger partial charge on any atom is 0.460 e. The zero-order valence-corrected chi connectivity index (χ0v) is 30.3. The fraction of sp³-hybridized carbons (Fsp3) is 1.00. The Balaban J connectivity index is -0.00000106. The molecule has 0 aliphatic rings. The molecule has 324 valence electrons. The molecule has 0 saturated carbocycles. The molecule has 25 heteroatoms. The molecule has 0 heterocycles. The summed E-state index contributed by atoms with van der Waals surface area (Å²) in [5, 5.41) is 9.14. The molecule has 4 nitrogen and oxygen atoms in total. The standard InChI is InChI=1S/C22H37F17O4Si4.5CH4/c1-44(2,3)41-46(6,7)43-47(8,42-45(4,5)13-10-12-40)14-9-11-15(23,24)16(25,26)17(27,28)18(29,30)19(31,32)20(33,34)21(35,36)22(37,38)39;;;;;/h40H,9-14H2,1-8H3;5*1H4. The van der Waals surface area contributed by atoms with E-state index in [9.17, 15) is 74.6 Å². The number of rotatable bonds is 19. The Bertz CT molecular complexity index is 1050. The fourth-order valence-corrected chi connectivity index (χ4v) is 23.4. The molecule has 0 rings (SSSR count). The van der Waals surface area contributed by atoms with Crippen LogP contribution in [0.25, 0.3) is 0 Å². The van der Waals surface area contributed by atoms with Crippen LogP contribution < -0.4 is 0 Å². The highest BCUT2D eigenvalue weighted by atomic mass is 28.5. The second-order valence-electron chi connectivity index (χ2n) is 13.0. The van der Waals surface area contributed by atoms with Gasteiger partial charge in [0.1, 0.15) is 0 Å². The number of hydrogen-bond donors (Lipinski definition) is 1. The predicted molar refractivity (Wildman–Crippen MR) is 178 cm³/mol. The van der Waals surface area contributed by atoms with E-state index in [-0.39, 0.29) is 56.2 Å². The van der Waals surface area contributed by atoms with Gasteiger partial charge in [-0.1, -0.05) is 37.1 Å². The number of hydrogen-bond acceptors (Lipinski definition) is 4. The molecule has 1 atom stereocenters. The van der Waals surface area contributed by atoms with Crippen LogP contribution in [0.4, 0.5) is 74.6 Å². The molecule has 0 aromatic rings. The van der Waals surface area contributed by atoms with Gasteiger partial charge in [0, 0.05) is 13.0 Å². The molecule has 0 fully saturated rings. The van der Waals surface area contributed by atoms with Crippen molar-refractivity contribution in [3.8, 4) is 0 Å². The maximum atomic E-state index is 14.6. The van der Waals surface area contributed by atoms with E-state index in [1.807, 2.05) is 0 Å². The van der Waals surface area contributed by atoms with E-state index in [0.717, 1.165) is 0 Å². The van der Waals surface area contributed by atoms with Crippen molar-refractivity contribution >= 4 is 33.8 Å². The average Bonchev–Trinajstić information content (AvgIpc) is 2.78. The number of aliphatic hydroxyl groups is 1. The summed E-state index contributed by atoms with van der Waals surface area (Å²) in [6.45, 7) is 12.4. The van der Waals surface area contributed by atoms with Crippen molar-refractivity contribution in [1.82, 2.24) is 0 Å². The van der Waals surface area contributed by atoms with Crippen LogP contribution in [0.5, 0.6) is 0 Å². The third-order valence-corrected chi connectivity index (χ3v) is 21.2. The van der Waals surface area contributed by atoms with Gasteiger partial charge in [-0.15, -0.1) is 0 Å². The van der Waals surface area contributed by atoms with E-state index < -0.39 is 100 Å². The minimum Gasteiger partial charge on any atom is -0.437 e. The van der Waals surface area contributed by atoms with Gasteiger partial charge >= 0.3 is 64.8 Å². The normalized spacial score (nSPS) is 15.6. The highest BCUT2D eigenvalue weighted by Gasteiger charge is 2.95. The molecule has 1 unspecified atom stereocenters. The van der Waals surface area contributed by atoms with E-state index in [4.69, 9.17) is 17.5 Å². The highest BCUT2D eigenvalue weighted by Crippen LogP contribution is 2.64. The molecule has 0 aliphatic carbocycles. The first-order chi connectivity index (χ1) is 20.1. The van der Waals surface area contributed by atoms with Crippen LogP contribution in [0, 0.1) is 0 Å². The van der Waals surface area contributed by atoms with Crippen LogP contribution in [-0.2, 0) is 12.3 Å². The Morgan fingerprint density at radius 1 is 0.442 bits per heavy atom. The smallest absolute Gasteiger partial charge is 0.437 e. The van der Waals surface area contributed by atoms with Gasteiger partial charge in [-0.25, -0.2) is 0 Å². The molecule has 0 bridgehead atoms. The Hall–Kier alpha value is -0.482. The fourth-order valence-electron chi connectivity index (χ4n) is 4.53. The summed E-state index contributed by atoms with van der Waals surface area (Å²) in [6, 6.07) is -0.526. The van der Waals surface area contributed by atoms with Crippen molar-refractivity contribution in [2.45, 2.75) is 168 Å². The molecule has 52 heavy (non-hydrogen) atoms. The highest BCUT2D eigenvalue weighted by molar-refractivity contribution is 6.89. The SMILES string of the molecule is C.C.C.C.C.C[Si](C)(C)O[Si](C)(C)O[Si](C)(CCCC(F)(F)C(F)(F)C(F)(F)C(F)(F)C(F)(F)C(F)(F)C(F)(F)C(F)(F)F)O[Si](C)(C)CCCO. The summed E-state index contributed by atoms with van der Waals surface area (Å²) >= 11 is 0. The zero-order chi connectivity index (χ0) is 38.4. The molecule has 0 aromatic carbocycles. The number of aliphatic hydroxyl groups excluding tert-OH is 1. The summed E-state index contributed by atoms with van der Waals surface area (Å²) < 4.78 is 250. The number of alkyl halides is 17. The molecular weight excluding hydrogens is 824 g/mol. The first-order valence-corrected chi connectivity index (χ1v) is 25.4. The van der Waals surface area contributed by atoms with Gasteiger partial charge in [0.2, 0.25) is 0 Å². The van der Waals surface area contributed by atoms with Crippen molar-refractivity contribution in [2.75, 3.05) is 6.61 Å². The number of halogens is 17. The average molecular weight is 881 g/mol. The van der Waals surface area contributed by atoms with Crippen molar-refractivity contribution in [1.29, 1.82) is 0 Å². The summed E-state index contributed by atoms with van der Waals surface area (Å²) in [4.78, 5) is 0. The maximum absolute atomic E-state index is 14.6. The lowest BCUT2D eigenvalue weighted by Gasteiger charge is -2.43. The van der Waals surface area contributed by atoms with E-state index in [1.165, 1.54) is 19.6 Å². The minimum absolute atomic E-state index is 0. The van der Waals surface area contributed by atoms with Crippen LogP contribution in [0.15, 0.2) is 0 Å². The van der Waals surface area contributed by atoms with Gasteiger partial charge in [0.15, 0.2) is 16.6 Å². The lowest BCUT2D eigenvalue weighted by atomic mass is 9.88. The topological polar surface area (TPSA) is 47.9 Å². The van der Waals surface area contributed by atoms with Crippen molar-refractivity contribution in [2.24, 2.45) is 0 Å². The quantitative estimate of drug-likeness (QED) is 0.104. The lowest BCUT2D eigenvalue weighted by Crippen LogP contribution is -2.74. The third kappa shape index (κ3) is 13.3. The van der Waals surface area contributed by atoms with Gasteiger partial charge in [-0.2, -0.15) is 74.6 Å². The first kappa shape index (κ1) is 63.5. The van der Waals surface area contributed by atoms with E-state index in [1.54, 1.807) is 32.7 Å². The molecule has 1 N–H and O–H groups in total. The van der Waals surface area contributed by atoms with Gasteiger partial charge in [0.05, 0.1) is 0 Å². The summed E-state index contributed by atoms with van der Waals surface area (Å²) in [7, 11) is -12.4. The van der Waals surface area contributed by atoms with Crippen LogP contribution in [0.1, 0.15) is 56.4 Å². The molecule has 0 amide bonds. The van der Waals surface area contributed by atoms with E-state index in [2.05, 4.69) is 0 Å². The van der Waals surface area contributed by atoms with Gasteiger partial charge in [-0.05, 0) is 77.3 Å². The van der Waals surface area contributed by atoms with Crippen LogP contribution >= 0.6 is 0 Å². The minimum atomic E-state index is -8.66. The molecule has 0 saturated heterocycles. The lowest BCUT2D eigenvalue weighted by molar-refractivity contribution is -0.461. The van der Waals surface area contributed by atoms with Crippen LogP contribution in [-0.4, -0.2) is 93.1 Å². The second kappa shape index (κ2) is 19.1. The Morgan fingerprint density at radius 2 is 0.788 bits per heavy atom. The molecule has 0 radical (unpaired) electrons. The van der Waals surface area contributed by atoms with E-state index >= 15 is 0 Å². The van der Waals surface area contributed by atoms with Crippen LogP contribution in [0.2, 0.25) is 64.5 Å². The Morgan fingerprint density at radius 3 is 1.12 bits per heavy atom. The summed E-state index contributed by atoms with van der Waals surface area (Å²) in [6.07, 6.45) is -11.5. The summed E-state index contributed by atoms with van der Waals surface area (Å²) in [5.74, 6) is -56.5. The van der Waals surface area contributed by atoms with Gasteiger partial charge < -0.3 is 17.5 Å². The third-order valence-electron chi connectivity index (χ3n) is 6.35. The van der Waals surface area contributed by atoms with E-state index in [0.29, 0.717) is 0 Å². The molecule has 0 aliphatic heterocycles. The predicted octanol–water partition coefficient (Wildman–Crippen LogP) is 13.2.